The highest BCUT2D eigenvalue weighted by Gasteiger charge is 2.08. The van der Waals surface area contributed by atoms with Crippen molar-refractivity contribution >= 4 is 23.4 Å². The summed E-state index contributed by atoms with van der Waals surface area (Å²) >= 11 is 5.93. The average molecular weight is 323 g/mol. The Morgan fingerprint density at radius 2 is 1.86 bits per heavy atom. The molecule has 7 nitrogen and oxygen atoms in total. The Kier molecular flexibility index (Phi) is 5.29. The first-order valence-corrected chi connectivity index (χ1v) is 6.51. The van der Waals surface area contributed by atoms with E-state index in [9.17, 15) is 14.9 Å². The second-order valence-corrected chi connectivity index (χ2v) is 4.53. The predicted molar refractivity (Wildman–Crippen MR) is 78.5 cm³/mol. The highest BCUT2D eigenvalue weighted by atomic mass is 35.5. The zero-order valence-corrected chi connectivity index (χ0v) is 11.9. The van der Waals surface area contributed by atoms with Gasteiger partial charge in [-0.3, -0.25) is 15.0 Å². The summed E-state index contributed by atoms with van der Waals surface area (Å²) in [5.74, 6) is 0.157. The average Bonchev–Trinajstić information content (AvgIpc) is 2.50. The predicted octanol–water partition coefficient (Wildman–Crippen LogP) is 3.47. The summed E-state index contributed by atoms with van der Waals surface area (Å²) in [6.45, 7) is 0.0784. The number of nitrogens with zero attached hydrogens (tertiary/aromatic N) is 1. The number of rotatable bonds is 5. The molecule has 8 heteroatoms. The summed E-state index contributed by atoms with van der Waals surface area (Å²) in [5, 5.41) is 11.0. The lowest BCUT2D eigenvalue weighted by atomic mass is 10.2. The number of nitro benzene ring substituents is 1. The summed E-state index contributed by atoms with van der Waals surface area (Å²) in [6, 6.07) is 12.1. The lowest BCUT2D eigenvalue weighted by Crippen LogP contribution is -2.26. The maximum Gasteiger partial charge on any atom is 0.436 e. The van der Waals surface area contributed by atoms with Crippen molar-refractivity contribution in [3.05, 3.63) is 69.2 Å². The van der Waals surface area contributed by atoms with E-state index >= 15 is 0 Å². The zero-order chi connectivity index (χ0) is 15.9. The molecule has 2 aromatic rings. The number of ether oxygens (including phenoxy) is 1. The largest absolute Gasteiger partial charge is 0.436 e. The topological polar surface area (TPSA) is 90.7 Å². The van der Waals surface area contributed by atoms with Gasteiger partial charge in [0.25, 0.3) is 5.69 Å². The third-order valence-electron chi connectivity index (χ3n) is 2.60. The van der Waals surface area contributed by atoms with Gasteiger partial charge in [-0.1, -0.05) is 29.8 Å². The van der Waals surface area contributed by atoms with Crippen LogP contribution in [0.5, 0.6) is 5.75 Å². The maximum absolute atomic E-state index is 11.5. The molecule has 0 atom stereocenters. The molecule has 22 heavy (non-hydrogen) atoms. The van der Waals surface area contributed by atoms with Crippen LogP contribution in [0.3, 0.4) is 0 Å². The van der Waals surface area contributed by atoms with Crippen LogP contribution >= 0.6 is 11.6 Å². The van der Waals surface area contributed by atoms with Gasteiger partial charge in [0.05, 0.1) is 4.92 Å². The van der Waals surface area contributed by atoms with Gasteiger partial charge < -0.3 is 4.74 Å². The van der Waals surface area contributed by atoms with E-state index in [1.54, 1.807) is 24.3 Å². The molecule has 0 aliphatic rings. The van der Waals surface area contributed by atoms with Gasteiger partial charge >= 0.3 is 6.09 Å². The molecule has 0 bridgehead atoms. The van der Waals surface area contributed by atoms with Crippen LogP contribution in [0.15, 0.2) is 48.5 Å². The fourth-order valence-corrected chi connectivity index (χ4v) is 1.74. The van der Waals surface area contributed by atoms with E-state index in [0.717, 1.165) is 0 Å². The minimum Gasteiger partial charge on any atom is -0.409 e. The van der Waals surface area contributed by atoms with Gasteiger partial charge in [-0.25, -0.2) is 4.79 Å². The van der Waals surface area contributed by atoms with Crippen LogP contribution in [-0.4, -0.2) is 11.0 Å². The highest BCUT2D eigenvalue weighted by molar-refractivity contribution is 6.31. The summed E-state index contributed by atoms with van der Waals surface area (Å²) < 4.78 is 4.89. The van der Waals surface area contributed by atoms with Crippen LogP contribution in [0.25, 0.3) is 0 Å². The Bertz CT molecular complexity index is 675. The van der Waals surface area contributed by atoms with E-state index in [2.05, 4.69) is 5.48 Å². The molecule has 0 unspecified atom stereocenters. The summed E-state index contributed by atoms with van der Waals surface area (Å²) in [4.78, 5) is 26.4. The zero-order valence-electron chi connectivity index (χ0n) is 11.2. The number of benzene rings is 2. The first kappa shape index (κ1) is 15.7. The number of amides is 1. The number of carbonyl (C=O) groups excluding carboxylic acids is 1. The van der Waals surface area contributed by atoms with Gasteiger partial charge in [0.2, 0.25) is 0 Å². The second kappa shape index (κ2) is 7.39. The number of carbonyl (C=O) groups is 1. The number of nitro groups is 1. The Hall–Kier alpha value is -2.64. The molecule has 1 amide bonds. The molecule has 0 aromatic heterocycles. The monoisotopic (exact) mass is 322 g/mol. The van der Waals surface area contributed by atoms with Crippen LogP contribution in [0.1, 0.15) is 5.56 Å². The summed E-state index contributed by atoms with van der Waals surface area (Å²) in [7, 11) is 0. The van der Waals surface area contributed by atoms with Crippen molar-refractivity contribution in [2.24, 2.45) is 0 Å². The number of hydroxylamine groups is 1. The van der Waals surface area contributed by atoms with E-state index in [1.165, 1.54) is 24.3 Å². The van der Waals surface area contributed by atoms with E-state index in [1.807, 2.05) is 0 Å². The molecule has 0 aliphatic heterocycles. The lowest BCUT2D eigenvalue weighted by molar-refractivity contribution is -0.384. The van der Waals surface area contributed by atoms with Crippen LogP contribution in [0.2, 0.25) is 5.02 Å². The maximum atomic E-state index is 11.5. The molecule has 0 fully saturated rings. The van der Waals surface area contributed by atoms with Crippen molar-refractivity contribution in [1.29, 1.82) is 0 Å². The molecule has 0 radical (unpaired) electrons. The van der Waals surface area contributed by atoms with Crippen molar-refractivity contribution in [1.82, 2.24) is 5.48 Å². The molecule has 114 valence electrons. The van der Waals surface area contributed by atoms with E-state index in [0.29, 0.717) is 10.6 Å². The van der Waals surface area contributed by atoms with Gasteiger partial charge in [-0.05, 0) is 23.8 Å². The number of halogens is 1. The quantitative estimate of drug-likeness (QED) is 0.672. The minimum absolute atomic E-state index is 0.0784. The molecule has 0 saturated carbocycles. The third kappa shape index (κ3) is 4.44. The summed E-state index contributed by atoms with van der Waals surface area (Å²) in [5.41, 5.74) is 2.70. The first-order chi connectivity index (χ1) is 10.6. The van der Waals surface area contributed by atoms with Crippen LogP contribution < -0.4 is 10.2 Å². The molecular formula is C14H11ClN2O5. The smallest absolute Gasteiger partial charge is 0.409 e. The third-order valence-corrected chi connectivity index (χ3v) is 2.97. The number of non-ortho nitro benzene ring substituents is 1. The van der Waals surface area contributed by atoms with Crippen molar-refractivity contribution < 1.29 is 19.3 Å². The molecule has 0 spiro atoms. The molecule has 0 aliphatic carbocycles. The standard InChI is InChI=1S/C14H11ClN2O5/c15-13-4-2-1-3-10(13)9-21-16-14(18)22-12-7-5-11(6-8-12)17(19)20/h1-8H,9H2,(H,16,18). The lowest BCUT2D eigenvalue weighted by Gasteiger charge is -2.07. The first-order valence-electron chi connectivity index (χ1n) is 6.14. The highest BCUT2D eigenvalue weighted by Crippen LogP contribution is 2.17. The Labute approximate surface area is 130 Å². The van der Waals surface area contributed by atoms with E-state index in [-0.39, 0.29) is 18.0 Å². The molecule has 0 heterocycles. The van der Waals surface area contributed by atoms with Gasteiger partial charge in [-0.15, -0.1) is 0 Å². The van der Waals surface area contributed by atoms with E-state index in [4.69, 9.17) is 21.2 Å². The second-order valence-electron chi connectivity index (χ2n) is 4.12. The van der Waals surface area contributed by atoms with E-state index < -0.39 is 11.0 Å². The SMILES string of the molecule is O=C(NOCc1ccccc1Cl)Oc1ccc([N+](=O)[O-])cc1. The molecule has 2 aromatic carbocycles. The number of hydrogen-bond acceptors (Lipinski definition) is 5. The van der Waals surface area contributed by atoms with Crippen LogP contribution in [-0.2, 0) is 11.4 Å². The van der Waals surface area contributed by atoms with Gasteiger partial charge in [0.1, 0.15) is 12.4 Å². The van der Waals surface area contributed by atoms with Crippen LogP contribution in [0, 0.1) is 10.1 Å². The van der Waals surface area contributed by atoms with Crippen molar-refractivity contribution in [3.8, 4) is 5.75 Å². The molecule has 1 N–H and O–H groups in total. The number of hydrogen-bond donors (Lipinski definition) is 1. The number of nitrogens with one attached hydrogen (secondary N) is 1. The normalized spacial score (nSPS) is 10.0. The fraction of sp³-hybridized carbons (Fsp3) is 0.0714. The molecular weight excluding hydrogens is 312 g/mol. The molecule has 0 saturated heterocycles. The molecule has 2 rings (SSSR count). The van der Waals surface area contributed by atoms with Crippen LogP contribution in [0.4, 0.5) is 10.5 Å². The Morgan fingerprint density at radius 1 is 1.18 bits per heavy atom. The van der Waals surface area contributed by atoms with Gasteiger partial charge in [0.15, 0.2) is 0 Å². The summed E-state index contributed by atoms with van der Waals surface area (Å²) in [6.07, 6.45) is -0.846. The Balaban J connectivity index is 1.80. The van der Waals surface area contributed by atoms with Gasteiger partial charge in [0, 0.05) is 17.2 Å². The van der Waals surface area contributed by atoms with Crippen molar-refractivity contribution in [2.75, 3.05) is 0 Å². The minimum atomic E-state index is -0.846. The Morgan fingerprint density at radius 3 is 2.50 bits per heavy atom. The van der Waals surface area contributed by atoms with Crippen molar-refractivity contribution in [3.63, 3.8) is 0 Å². The fourth-order valence-electron chi connectivity index (χ4n) is 1.55. The van der Waals surface area contributed by atoms with Gasteiger partial charge in [-0.2, -0.15) is 5.48 Å². The van der Waals surface area contributed by atoms with Crippen molar-refractivity contribution in [2.45, 2.75) is 6.61 Å².